The van der Waals surface area contributed by atoms with E-state index in [-0.39, 0.29) is 0 Å². The average molecular weight is 276 g/mol. The minimum absolute atomic E-state index is 0.846. The van der Waals surface area contributed by atoms with Gasteiger partial charge in [-0.05, 0) is 50.5 Å². The Bertz CT molecular complexity index is 401. The Hall–Kier alpha value is -1.52. The van der Waals surface area contributed by atoms with Crippen LogP contribution in [0.3, 0.4) is 0 Å². The van der Waals surface area contributed by atoms with Gasteiger partial charge in [-0.1, -0.05) is 30.4 Å². The summed E-state index contributed by atoms with van der Waals surface area (Å²) in [6, 6.07) is 0. The molecule has 0 aromatic rings. The van der Waals surface area contributed by atoms with E-state index in [9.17, 15) is 10.2 Å². The van der Waals surface area contributed by atoms with Crippen LogP contribution in [0.25, 0.3) is 0 Å². The smallest absolute Gasteiger partial charge is 0.141 e. The van der Waals surface area contributed by atoms with Gasteiger partial charge in [-0.15, -0.1) is 6.58 Å². The Morgan fingerprint density at radius 1 is 1.00 bits per heavy atom. The molecule has 20 heavy (non-hydrogen) atoms. The molecule has 3 nitrogen and oxygen atoms in total. The third kappa shape index (κ3) is 11.6. The predicted octanol–water partition coefficient (Wildman–Crippen LogP) is 1.79. The molecule has 0 aliphatic heterocycles. The third-order valence-corrected chi connectivity index (χ3v) is 2.56. The fourth-order valence-electron chi connectivity index (χ4n) is 1.34. The second-order valence-corrected chi connectivity index (χ2v) is 4.52. The Kier molecular flexibility index (Phi) is 11.6. The lowest BCUT2D eigenvalue weighted by Crippen LogP contribution is -2.19. The minimum Gasteiger partial charge on any atom is -0.390 e. The molecule has 110 valence electrons. The molecule has 0 aromatic carbocycles. The van der Waals surface area contributed by atoms with Gasteiger partial charge >= 0.3 is 0 Å². The van der Waals surface area contributed by atoms with E-state index < -0.39 is 18.3 Å². The van der Waals surface area contributed by atoms with Crippen LogP contribution in [-0.2, 0) is 0 Å². The van der Waals surface area contributed by atoms with Crippen molar-refractivity contribution >= 4 is 0 Å². The number of hydrogen-bond donors (Lipinski definition) is 3. The summed E-state index contributed by atoms with van der Waals surface area (Å²) in [4.78, 5) is 0. The lowest BCUT2D eigenvalue weighted by molar-refractivity contribution is 0.0678. The molecule has 0 aliphatic carbocycles. The molecular weight excluding hydrogens is 252 g/mol. The van der Waals surface area contributed by atoms with Crippen molar-refractivity contribution in [3.63, 3.8) is 0 Å². The van der Waals surface area contributed by atoms with E-state index in [1.54, 1.807) is 6.08 Å². The lowest BCUT2D eigenvalue weighted by atomic mass is 10.1. The van der Waals surface area contributed by atoms with Gasteiger partial charge in [0.15, 0.2) is 0 Å². The van der Waals surface area contributed by atoms with E-state index in [0.717, 1.165) is 32.1 Å². The average Bonchev–Trinajstić information content (AvgIpc) is 2.42. The van der Waals surface area contributed by atoms with Crippen LogP contribution in [0.5, 0.6) is 0 Å². The quantitative estimate of drug-likeness (QED) is 0.360. The molecule has 0 aromatic heterocycles. The Morgan fingerprint density at radius 3 is 2.30 bits per heavy atom. The Labute approximate surface area is 122 Å². The number of aliphatic hydroxyl groups excluding tert-OH is 3. The number of allylic oxidation sites excluding steroid dienone is 2. The van der Waals surface area contributed by atoms with E-state index in [2.05, 4.69) is 30.3 Å². The molecule has 0 radical (unpaired) electrons. The van der Waals surface area contributed by atoms with Crippen LogP contribution in [0.15, 0.2) is 24.8 Å². The van der Waals surface area contributed by atoms with Gasteiger partial charge in [-0.25, -0.2) is 0 Å². The fourth-order valence-corrected chi connectivity index (χ4v) is 1.34. The summed E-state index contributed by atoms with van der Waals surface area (Å²) >= 11 is 0. The molecule has 3 heteroatoms. The van der Waals surface area contributed by atoms with Gasteiger partial charge in [0.05, 0.1) is 6.10 Å². The Balaban J connectivity index is 3.87. The van der Waals surface area contributed by atoms with E-state index in [0.29, 0.717) is 0 Å². The largest absolute Gasteiger partial charge is 0.390 e. The van der Waals surface area contributed by atoms with Gasteiger partial charge in [0.1, 0.15) is 12.2 Å². The highest BCUT2D eigenvalue weighted by Crippen LogP contribution is 2.04. The summed E-state index contributed by atoms with van der Waals surface area (Å²) in [5.74, 6) is 9.74. The van der Waals surface area contributed by atoms with Crippen molar-refractivity contribution in [2.45, 2.75) is 57.3 Å². The van der Waals surface area contributed by atoms with Crippen LogP contribution in [0, 0.1) is 23.7 Å². The van der Waals surface area contributed by atoms with Crippen molar-refractivity contribution in [3.05, 3.63) is 24.8 Å². The van der Waals surface area contributed by atoms with Gasteiger partial charge in [-0.3, -0.25) is 0 Å². The number of aliphatic hydroxyl groups is 3. The Morgan fingerprint density at radius 2 is 1.65 bits per heavy atom. The zero-order chi connectivity index (χ0) is 15.2. The highest BCUT2D eigenvalue weighted by Gasteiger charge is 2.04. The fraction of sp³-hybridized carbons (Fsp3) is 0.529. The SMILES string of the molecule is C=CCCCCC/C=C\[C@H](O)C#CC#C[C@H](O)[C@@H](C)O. The van der Waals surface area contributed by atoms with Crippen molar-refractivity contribution in [1.29, 1.82) is 0 Å². The maximum Gasteiger partial charge on any atom is 0.141 e. The highest BCUT2D eigenvalue weighted by atomic mass is 16.3. The normalized spacial score (nSPS) is 14.6. The number of unbranched alkanes of at least 4 members (excludes halogenated alkanes) is 4. The topological polar surface area (TPSA) is 60.7 Å². The van der Waals surface area contributed by atoms with E-state index in [1.807, 2.05) is 12.2 Å². The van der Waals surface area contributed by atoms with Crippen molar-refractivity contribution in [3.8, 4) is 23.7 Å². The second-order valence-electron chi connectivity index (χ2n) is 4.52. The summed E-state index contributed by atoms with van der Waals surface area (Å²) in [5.41, 5.74) is 0. The second kappa shape index (κ2) is 12.5. The highest BCUT2D eigenvalue weighted by molar-refractivity contribution is 5.30. The molecule has 0 saturated carbocycles. The van der Waals surface area contributed by atoms with Crippen LogP contribution < -0.4 is 0 Å². The zero-order valence-corrected chi connectivity index (χ0v) is 12.0. The number of rotatable bonds is 8. The van der Waals surface area contributed by atoms with E-state index in [1.165, 1.54) is 6.92 Å². The molecule has 0 saturated heterocycles. The number of hydrogen-bond acceptors (Lipinski definition) is 3. The molecule has 0 spiro atoms. The monoisotopic (exact) mass is 276 g/mol. The zero-order valence-electron chi connectivity index (χ0n) is 12.0. The minimum atomic E-state index is -1.10. The first-order valence-corrected chi connectivity index (χ1v) is 6.90. The molecule has 0 rings (SSSR count). The first kappa shape index (κ1) is 18.5. The van der Waals surface area contributed by atoms with Crippen LogP contribution in [0.1, 0.15) is 39.0 Å². The van der Waals surface area contributed by atoms with Crippen molar-refractivity contribution in [2.24, 2.45) is 0 Å². The van der Waals surface area contributed by atoms with Gasteiger partial charge in [0, 0.05) is 0 Å². The molecule has 0 amide bonds. The molecule has 0 fully saturated rings. The molecule has 0 unspecified atom stereocenters. The van der Waals surface area contributed by atoms with E-state index >= 15 is 0 Å². The maximum atomic E-state index is 9.51. The summed E-state index contributed by atoms with van der Waals surface area (Å²) in [6.45, 7) is 5.11. The third-order valence-electron chi connectivity index (χ3n) is 2.56. The summed E-state index contributed by atoms with van der Waals surface area (Å²) in [7, 11) is 0. The lowest BCUT2D eigenvalue weighted by Gasteiger charge is -2.03. The van der Waals surface area contributed by atoms with Gasteiger partial charge in [-0.2, -0.15) is 0 Å². The van der Waals surface area contributed by atoms with Crippen LogP contribution in [-0.4, -0.2) is 33.6 Å². The molecular formula is C17H24O3. The molecule has 3 N–H and O–H groups in total. The summed E-state index contributed by atoms with van der Waals surface area (Å²) in [6.07, 6.45) is 7.97. The first-order chi connectivity index (χ1) is 9.57. The van der Waals surface area contributed by atoms with Crippen molar-refractivity contribution < 1.29 is 15.3 Å². The molecule has 0 heterocycles. The van der Waals surface area contributed by atoms with Crippen molar-refractivity contribution in [2.75, 3.05) is 0 Å². The van der Waals surface area contributed by atoms with Crippen LogP contribution in [0.2, 0.25) is 0 Å². The summed E-state index contributed by atoms with van der Waals surface area (Å²) in [5, 5.41) is 27.7. The summed E-state index contributed by atoms with van der Waals surface area (Å²) < 4.78 is 0. The van der Waals surface area contributed by atoms with Gasteiger partial charge in [0.2, 0.25) is 0 Å². The van der Waals surface area contributed by atoms with E-state index in [4.69, 9.17) is 5.11 Å². The van der Waals surface area contributed by atoms with Gasteiger partial charge in [0.25, 0.3) is 0 Å². The molecule has 0 bridgehead atoms. The standard InChI is InChI=1S/C17H24O3/c1-3-4-5-6-7-8-9-12-16(19)13-10-11-14-17(20)15(2)18/h3,9,12,15-20H,1,4-8H2,2H3/b12-9-/t15-,16+,17+/m1/s1. The molecule has 0 aliphatic rings. The first-order valence-electron chi connectivity index (χ1n) is 6.90. The van der Waals surface area contributed by atoms with Crippen LogP contribution in [0.4, 0.5) is 0 Å². The predicted molar refractivity (Wildman–Crippen MR) is 81.7 cm³/mol. The van der Waals surface area contributed by atoms with Crippen LogP contribution >= 0.6 is 0 Å². The van der Waals surface area contributed by atoms with Crippen molar-refractivity contribution in [1.82, 2.24) is 0 Å². The molecule has 3 atom stereocenters. The van der Waals surface area contributed by atoms with Gasteiger partial charge < -0.3 is 15.3 Å². The maximum absolute atomic E-state index is 9.51.